The third kappa shape index (κ3) is 3.42. The number of alkyl halides is 1. The van der Waals surface area contributed by atoms with Crippen molar-refractivity contribution in [2.24, 2.45) is 0 Å². The van der Waals surface area contributed by atoms with Crippen LogP contribution in [0.3, 0.4) is 0 Å². The Morgan fingerprint density at radius 3 is 2.81 bits per heavy atom. The molecule has 0 aliphatic carbocycles. The van der Waals surface area contributed by atoms with Crippen molar-refractivity contribution in [3.8, 4) is 11.5 Å². The van der Waals surface area contributed by atoms with E-state index in [0.717, 1.165) is 19.1 Å². The molecule has 0 fully saturated rings. The summed E-state index contributed by atoms with van der Waals surface area (Å²) < 4.78 is 10.7. The van der Waals surface area contributed by atoms with Gasteiger partial charge in [0.25, 0.3) is 0 Å². The van der Waals surface area contributed by atoms with Crippen molar-refractivity contribution in [1.29, 1.82) is 0 Å². The van der Waals surface area contributed by atoms with Crippen LogP contribution >= 0.6 is 11.6 Å². The Morgan fingerprint density at radius 2 is 2.19 bits per heavy atom. The fourth-order valence-corrected chi connectivity index (χ4v) is 1.50. The smallest absolute Gasteiger partial charge is 0.171 e. The van der Waals surface area contributed by atoms with Crippen LogP contribution in [0.1, 0.15) is 23.2 Å². The molecule has 3 nitrogen and oxygen atoms in total. The lowest BCUT2D eigenvalue weighted by Gasteiger charge is -2.11. The Balaban J connectivity index is 2.71. The van der Waals surface area contributed by atoms with Gasteiger partial charge in [-0.25, -0.2) is 0 Å². The second kappa shape index (κ2) is 7.12. The van der Waals surface area contributed by atoms with Crippen LogP contribution in [0, 0.1) is 0 Å². The quantitative estimate of drug-likeness (QED) is 0.419. The maximum absolute atomic E-state index is 10.8. The van der Waals surface area contributed by atoms with Crippen molar-refractivity contribution in [3.63, 3.8) is 0 Å². The van der Waals surface area contributed by atoms with Gasteiger partial charge in [-0.05, 0) is 25.0 Å². The third-order valence-corrected chi connectivity index (χ3v) is 2.40. The molecule has 0 heterocycles. The number of aldehydes is 1. The van der Waals surface area contributed by atoms with Crippen molar-refractivity contribution in [3.05, 3.63) is 23.8 Å². The summed E-state index contributed by atoms with van der Waals surface area (Å²) in [5, 5.41) is 0. The van der Waals surface area contributed by atoms with Gasteiger partial charge in [-0.3, -0.25) is 4.79 Å². The highest BCUT2D eigenvalue weighted by Crippen LogP contribution is 2.30. The van der Waals surface area contributed by atoms with E-state index in [4.69, 9.17) is 21.1 Å². The van der Waals surface area contributed by atoms with E-state index in [1.54, 1.807) is 25.3 Å². The van der Waals surface area contributed by atoms with Gasteiger partial charge in [-0.1, -0.05) is 6.07 Å². The first-order valence-corrected chi connectivity index (χ1v) is 5.68. The summed E-state index contributed by atoms with van der Waals surface area (Å²) in [6.07, 6.45) is 2.52. The van der Waals surface area contributed by atoms with Gasteiger partial charge in [0.15, 0.2) is 17.8 Å². The van der Waals surface area contributed by atoms with Crippen molar-refractivity contribution >= 4 is 17.9 Å². The number of hydrogen-bond acceptors (Lipinski definition) is 3. The van der Waals surface area contributed by atoms with E-state index in [1.165, 1.54) is 0 Å². The lowest BCUT2D eigenvalue weighted by Crippen LogP contribution is -2.02. The highest BCUT2D eigenvalue weighted by atomic mass is 35.5. The summed E-state index contributed by atoms with van der Waals surface area (Å²) in [4.78, 5) is 10.8. The van der Waals surface area contributed by atoms with Crippen LogP contribution in [0.4, 0.5) is 0 Å². The minimum Gasteiger partial charge on any atom is -0.493 e. The van der Waals surface area contributed by atoms with E-state index in [-0.39, 0.29) is 0 Å². The topological polar surface area (TPSA) is 35.5 Å². The average molecular weight is 243 g/mol. The largest absolute Gasteiger partial charge is 0.493 e. The summed E-state index contributed by atoms with van der Waals surface area (Å²) in [5.41, 5.74) is 0.505. The summed E-state index contributed by atoms with van der Waals surface area (Å²) in [6, 6.07) is 5.23. The van der Waals surface area contributed by atoms with Crippen LogP contribution in [-0.2, 0) is 0 Å². The zero-order chi connectivity index (χ0) is 11.8. The first-order chi connectivity index (χ1) is 7.83. The maximum atomic E-state index is 10.8. The Hall–Kier alpha value is -1.22. The number of rotatable bonds is 7. The molecule has 1 rings (SSSR count). The second-order valence-corrected chi connectivity index (χ2v) is 3.62. The fraction of sp³-hybridized carbons (Fsp3) is 0.417. The molecule has 0 unspecified atom stereocenters. The number of carbonyl (C=O) groups excluding carboxylic acids is 1. The van der Waals surface area contributed by atoms with Crippen molar-refractivity contribution in [1.82, 2.24) is 0 Å². The third-order valence-electron chi connectivity index (χ3n) is 2.13. The lowest BCUT2D eigenvalue weighted by molar-refractivity contribution is 0.111. The first-order valence-electron chi connectivity index (χ1n) is 5.14. The van der Waals surface area contributed by atoms with E-state index in [9.17, 15) is 4.79 Å². The summed E-state index contributed by atoms with van der Waals surface area (Å²) >= 11 is 5.56. The molecule has 0 N–H and O–H groups in total. The highest BCUT2D eigenvalue weighted by molar-refractivity contribution is 6.17. The number of unbranched alkanes of at least 4 members (excludes halogenated alkanes) is 1. The minimum absolute atomic E-state index is 0.505. The van der Waals surface area contributed by atoms with Gasteiger partial charge in [0, 0.05) is 5.88 Å². The molecule has 0 atom stereocenters. The van der Waals surface area contributed by atoms with Crippen molar-refractivity contribution in [2.75, 3.05) is 19.6 Å². The van der Waals surface area contributed by atoms with Crippen LogP contribution in [-0.4, -0.2) is 25.9 Å². The van der Waals surface area contributed by atoms with Gasteiger partial charge >= 0.3 is 0 Å². The molecule has 0 aliphatic rings. The molecule has 0 aromatic heterocycles. The van der Waals surface area contributed by atoms with Crippen LogP contribution in [0.2, 0.25) is 0 Å². The van der Waals surface area contributed by atoms with Crippen LogP contribution in [0.25, 0.3) is 0 Å². The number of halogens is 1. The van der Waals surface area contributed by atoms with Gasteiger partial charge in [0.05, 0.1) is 19.3 Å². The number of ether oxygens (including phenoxy) is 2. The number of benzene rings is 1. The standard InChI is InChI=1S/C12H15ClO3/c1-15-11-6-4-5-10(9-14)12(11)16-8-3-2-7-13/h4-6,9H,2-3,7-8H2,1H3. The molecule has 0 amide bonds. The number of hydrogen-bond donors (Lipinski definition) is 0. The predicted molar refractivity (Wildman–Crippen MR) is 63.8 cm³/mol. The zero-order valence-electron chi connectivity index (χ0n) is 9.24. The minimum atomic E-state index is 0.505. The molecule has 4 heteroatoms. The monoisotopic (exact) mass is 242 g/mol. The molecule has 88 valence electrons. The predicted octanol–water partition coefficient (Wildman–Crippen LogP) is 2.91. The maximum Gasteiger partial charge on any atom is 0.171 e. The van der Waals surface area contributed by atoms with E-state index in [2.05, 4.69) is 0 Å². The number of para-hydroxylation sites is 1. The Morgan fingerprint density at radius 1 is 1.38 bits per heavy atom. The van der Waals surface area contributed by atoms with Crippen LogP contribution in [0.15, 0.2) is 18.2 Å². The molecule has 0 bridgehead atoms. The lowest BCUT2D eigenvalue weighted by atomic mass is 10.2. The Kier molecular flexibility index (Phi) is 5.72. The zero-order valence-corrected chi connectivity index (χ0v) is 10.00. The molecule has 1 aromatic rings. The second-order valence-electron chi connectivity index (χ2n) is 3.24. The molecule has 1 aromatic carbocycles. The molecule has 0 saturated heterocycles. The van der Waals surface area contributed by atoms with Crippen molar-refractivity contribution < 1.29 is 14.3 Å². The highest BCUT2D eigenvalue weighted by Gasteiger charge is 2.09. The van der Waals surface area contributed by atoms with Gasteiger partial charge in [0.1, 0.15) is 0 Å². The summed E-state index contributed by atoms with van der Waals surface area (Å²) in [7, 11) is 1.55. The van der Waals surface area contributed by atoms with Crippen molar-refractivity contribution in [2.45, 2.75) is 12.8 Å². The fourth-order valence-electron chi connectivity index (χ4n) is 1.31. The molecular weight excluding hydrogens is 228 g/mol. The van der Waals surface area contributed by atoms with Crippen LogP contribution < -0.4 is 9.47 Å². The van der Waals surface area contributed by atoms with Gasteiger partial charge < -0.3 is 9.47 Å². The number of methoxy groups -OCH3 is 1. The van der Waals surface area contributed by atoms with E-state index in [1.807, 2.05) is 0 Å². The SMILES string of the molecule is COc1cccc(C=O)c1OCCCCCl. The number of carbonyl (C=O) groups is 1. The molecule has 0 radical (unpaired) electrons. The molecule has 0 spiro atoms. The van der Waals surface area contributed by atoms with Crippen LogP contribution in [0.5, 0.6) is 11.5 Å². The van der Waals surface area contributed by atoms with E-state index in [0.29, 0.717) is 29.5 Å². The van der Waals surface area contributed by atoms with Gasteiger partial charge in [-0.15, -0.1) is 11.6 Å². The van der Waals surface area contributed by atoms with Gasteiger partial charge in [0.2, 0.25) is 0 Å². The van der Waals surface area contributed by atoms with E-state index < -0.39 is 0 Å². The molecule has 16 heavy (non-hydrogen) atoms. The Labute approximate surface area is 100 Å². The molecule has 0 saturated carbocycles. The molecule has 0 aliphatic heterocycles. The average Bonchev–Trinajstić information content (AvgIpc) is 2.34. The van der Waals surface area contributed by atoms with E-state index >= 15 is 0 Å². The summed E-state index contributed by atoms with van der Waals surface area (Å²) in [5.74, 6) is 1.71. The first kappa shape index (κ1) is 12.8. The summed E-state index contributed by atoms with van der Waals surface area (Å²) in [6.45, 7) is 0.536. The molecular formula is C12H15ClO3. The van der Waals surface area contributed by atoms with Gasteiger partial charge in [-0.2, -0.15) is 0 Å². The normalized spacial score (nSPS) is 9.88. The Bertz CT molecular complexity index is 339.